The third kappa shape index (κ3) is 7.09. The fourth-order valence-corrected chi connectivity index (χ4v) is 4.75. The number of amides is 2. The van der Waals surface area contributed by atoms with Crippen LogP contribution in [0.3, 0.4) is 0 Å². The maximum atomic E-state index is 14.7. The van der Waals surface area contributed by atoms with Crippen LogP contribution in [0.25, 0.3) is 0 Å². The second kappa shape index (κ2) is 14.0. The van der Waals surface area contributed by atoms with E-state index in [-0.39, 0.29) is 35.0 Å². The number of nitrogens with zero attached hydrogens (tertiary/aromatic N) is 2. The minimum Gasteiger partial charge on any atom is -0.337 e. The minimum atomic E-state index is -3.12. The Bertz CT molecular complexity index is 1180. The molecule has 0 aromatic heterocycles. The number of benzene rings is 3. The summed E-state index contributed by atoms with van der Waals surface area (Å²) in [5, 5.41) is 3.55. The zero-order valence-corrected chi connectivity index (χ0v) is 23.2. The van der Waals surface area contributed by atoms with Crippen LogP contribution in [0.4, 0.5) is 8.78 Å². The van der Waals surface area contributed by atoms with Gasteiger partial charge in [0.1, 0.15) is 0 Å². The molecule has 2 fully saturated rings. The van der Waals surface area contributed by atoms with Crippen LogP contribution in [0.2, 0.25) is 0 Å². The van der Waals surface area contributed by atoms with Gasteiger partial charge in [-0.3, -0.25) is 9.59 Å². The summed E-state index contributed by atoms with van der Waals surface area (Å²) in [5.41, 5.74) is 0.878. The van der Waals surface area contributed by atoms with Crippen LogP contribution in [0.1, 0.15) is 66.0 Å². The summed E-state index contributed by atoms with van der Waals surface area (Å²) in [4.78, 5) is 29.0. The van der Waals surface area contributed by atoms with Gasteiger partial charge in [-0.25, -0.2) is 0 Å². The molecule has 7 heteroatoms. The van der Waals surface area contributed by atoms with Crippen LogP contribution in [0.5, 0.6) is 0 Å². The quantitative estimate of drug-likeness (QED) is 0.409. The molecule has 208 valence electrons. The van der Waals surface area contributed by atoms with Gasteiger partial charge in [-0.2, -0.15) is 8.78 Å². The molecule has 2 amide bonds. The standard InChI is InChI=1S/C28H27F2N3O2.2C2H6/c29-28(30,22-9-5-2-6-10-22)23-13-11-21(12-14-23)27(35)33-18-25(19-33)31-24-15-16-32(17-24)26(34)20-7-3-1-4-8-20;2*1-2/h1-14,24-25,31H,15-19H2;2*1-2H3. The number of hydrogen-bond donors (Lipinski definition) is 1. The van der Waals surface area contributed by atoms with E-state index in [4.69, 9.17) is 0 Å². The third-order valence-corrected chi connectivity index (χ3v) is 6.77. The molecule has 0 aliphatic carbocycles. The lowest BCUT2D eigenvalue weighted by Crippen LogP contribution is -2.62. The lowest BCUT2D eigenvalue weighted by Gasteiger charge is -2.41. The van der Waals surface area contributed by atoms with Crippen molar-refractivity contribution in [1.82, 2.24) is 15.1 Å². The number of hydrogen-bond acceptors (Lipinski definition) is 3. The van der Waals surface area contributed by atoms with Gasteiger partial charge in [0.15, 0.2) is 0 Å². The maximum Gasteiger partial charge on any atom is 0.298 e. The predicted molar refractivity (Wildman–Crippen MR) is 152 cm³/mol. The minimum absolute atomic E-state index is 0.0432. The molecule has 2 heterocycles. The molecule has 0 spiro atoms. The molecule has 0 saturated carbocycles. The van der Waals surface area contributed by atoms with E-state index in [9.17, 15) is 18.4 Å². The van der Waals surface area contributed by atoms with Gasteiger partial charge in [0.25, 0.3) is 17.7 Å². The van der Waals surface area contributed by atoms with E-state index >= 15 is 0 Å². The molecule has 3 aromatic rings. The molecular weight excluding hydrogens is 496 g/mol. The van der Waals surface area contributed by atoms with Crippen molar-refractivity contribution in [2.75, 3.05) is 26.2 Å². The molecule has 1 atom stereocenters. The summed E-state index contributed by atoms with van der Waals surface area (Å²) >= 11 is 0. The number of alkyl halides is 2. The fourth-order valence-electron chi connectivity index (χ4n) is 4.75. The van der Waals surface area contributed by atoms with Crippen molar-refractivity contribution in [3.63, 3.8) is 0 Å². The molecule has 5 nitrogen and oxygen atoms in total. The van der Waals surface area contributed by atoms with Crippen molar-refractivity contribution in [1.29, 1.82) is 0 Å². The number of halogens is 2. The van der Waals surface area contributed by atoms with Gasteiger partial charge >= 0.3 is 0 Å². The van der Waals surface area contributed by atoms with Gasteiger partial charge in [-0.15, -0.1) is 0 Å². The number of likely N-dealkylation sites (tertiary alicyclic amines) is 2. The SMILES string of the molecule is CC.CC.O=C(c1ccccc1)N1CCC(NC2CN(C(=O)c3ccc(C(F)(F)c4ccccc4)cc3)C2)C1. The van der Waals surface area contributed by atoms with Gasteiger partial charge in [0, 0.05) is 60.5 Å². The summed E-state index contributed by atoms with van der Waals surface area (Å²) in [7, 11) is 0. The monoisotopic (exact) mass is 535 g/mol. The highest BCUT2D eigenvalue weighted by Crippen LogP contribution is 2.35. The van der Waals surface area contributed by atoms with Crippen molar-refractivity contribution >= 4 is 11.8 Å². The highest BCUT2D eigenvalue weighted by atomic mass is 19.3. The Morgan fingerprint density at radius 2 is 1.13 bits per heavy atom. The molecular formula is C32H39F2N3O2. The van der Waals surface area contributed by atoms with E-state index in [1.807, 2.05) is 62.9 Å². The van der Waals surface area contributed by atoms with Crippen molar-refractivity contribution in [2.24, 2.45) is 0 Å². The molecule has 3 aromatic carbocycles. The first-order valence-electron chi connectivity index (χ1n) is 13.9. The van der Waals surface area contributed by atoms with Crippen molar-refractivity contribution < 1.29 is 18.4 Å². The lowest BCUT2D eigenvalue weighted by molar-refractivity contribution is 0.0425. The first-order chi connectivity index (χ1) is 18.9. The number of carbonyl (C=O) groups excluding carboxylic acids is 2. The van der Waals surface area contributed by atoms with Crippen LogP contribution >= 0.6 is 0 Å². The zero-order chi connectivity index (χ0) is 28.4. The molecule has 0 bridgehead atoms. The molecule has 1 unspecified atom stereocenters. The first-order valence-corrected chi connectivity index (χ1v) is 13.9. The molecule has 1 N–H and O–H groups in total. The normalized spacial score (nSPS) is 16.8. The summed E-state index contributed by atoms with van der Waals surface area (Å²) in [6.45, 7) is 10.5. The van der Waals surface area contributed by atoms with Gasteiger partial charge in [-0.05, 0) is 30.7 Å². The number of rotatable bonds is 6. The van der Waals surface area contributed by atoms with Crippen molar-refractivity contribution in [3.8, 4) is 0 Å². The molecule has 2 aliphatic heterocycles. The van der Waals surface area contributed by atoms with E-state index < -0.39 is 5.92 Å². The van der Waals surface area contributed by atoms with Crippen LogP contribution in [0.15, 0.2) is 84.9 Å². The van der Waals surface area contributed by atoms with Gasteiger partial charge in [0.05, 0.1) is 0 Å². The summed E-state index contributed by atoms with van der Waals surface area (Å²) in [6, 6.07) is 22.9. The van der Waals surface area contributed by atoms with E-state index in [1.54, 1.807) is 23.1 Å². The van der Waals surface area contributed by atoms with Gasteiger partial charge in [-0.1, -0.05) is 88.4 Å². The van der Waals surface area contributed by atoms with E-state index in [0.717, 1.165) is 6.42 Å². The van der Waals surface area contributed by atoms with Gasteiger partial charge < -0.3 is 15.1 Å². The van der Waals surface area contributed by atoms with Crippen molar-refractivity contribution in [2.45, 2.75) is 52.1 Å². The second-order valence-corrected chi connectivity index (χ2v) is 9.19. The Balaban J connectivity index is 0.00000100. The number of carbonyl (C=O) groups is 2. The second-order valence-electron chi connectivity index (χ2n) is 9.19. The fraction of sp³-hybridized carbons (Fsp3) is 0.375. The van der Waals surface area contributed by atoms with Gasteiger partial charge in [0.2, 0.25) is 0 Å². The van der Waals surface area contributed by atoms with Crippen LogP contribution < -0.4 is 5.32 Å². The van der Waals surface area contributed by atoms with E-state index in [2.05, 4.69) is 5.32 Å². The highest BCUT2D eigenvalue weighted by Gasteiger charge is 2.36. The molecule has 2 aliphatic rings. The Kier molecular flexibility index (Phi) is 10.8. The topological polar surface area (TPSA) is 52.7 Å². The van der Waals surface area contributed by atoms with E-state index in [1.165, 1.54) is 36.4 Å². The Morgan fingerprint density at radius 1 is 0.667 bits per heavy atom. The zero-order valence-electron chi connectivity index (χ0n) is 23.2. The average molecular weight is 536 g/mol. The Labute approximate surface area is 230 Å². The Hall–Kier alpha value is -3.58. The van der Waals surface area contributed by atoms with Crippen molar-refractivity contribution in [3.05, 3.63) is 107 Å². The summed E-state index contributed by atoms with van der Waals surface area (Å²) in [5.74, 6) is -3.24. The molecule has 39 heavy (non-hydrogen) atoms. The number of nitrogens with one attached hydrogen (secondary N) is 1. The maximum absolute atomic E-state index is 14.7. The smallest absolute Gasteiger partial charge is 0.298 e. The Morgan fingerprint density at radius 3 is 1.72 bits per heavy atom. The lowest BCUT2D eigenvalue weighted by atomic mass is 9.98. The largest absolute Gasteiger partial charge is 0.337 e. The summed E-state index contributed by atoms with van der Waals surface area (Å²) < 4.78 is 29.5. The summed E-state index contributed by atoms with van der Waals surface area (Å²) in [6.07, 6.45) is 0.875. The van der Waals surface area contributed by atoms with Crippen LogP contribution in [-0.2, 0) is 5.92 Å². The molecule has 0 radical (unpaired) electrons. The third-order valence-electron chi connectivity index (χ3n) is 6.77. The van der Waals surface area contributed by atoms with E-state index in [0.29, 0.717) is 37.3 Å². The molecule has 2 saturated heterocycles. The predicted octanol–water partition coefficient (Wildman–Crippen LogP) is 6.21. The highest BCUT2D eigenvalue weighted by molar-refractivity contribution is 5.95. The first kappa shape index (κ1) is 30.0. The average Bonchev–Trinajstić information content (AvgIpc) is 3.46. The van der Waals surface area contributed by atoms with Crippen LogP contribution in [-0.4, -0.2) is 59.9 Å². The van der Waals surface area contributed by atoms with Crippen LogP contribution in [0, 0.1) is 0 Å². The molecule has 5 rings (SSSR count).